The van der Waals surface area contributed by atoms with Crippen LogP contribution in [0.5, 0.6) is 5.75 Å². The monoisotopic (exact) mass is 294 g/mol. The number of nitrogens with one attached hydrogen (secondary N) is 1. The Balaban J connectivity index is 1.44. The van der Waals surface area contributed by atoms with Crippen LogP contribution in [-0.2, 0) is 6.42 Å². The molecular formula is C17H18N4O. The second kappa shape index (κ2) is 5.33. The average Bonchev–Trinajstić information content (AvgIpc) is 2.99. The molecule has 1 saturated heterocycles. The largest absolute Gasteiger partial charge is 0.487 e. The van der Waals surface area contributed by atoms with E-state index in [-0.39, 0.29) is 6.10 Å². The maximum absolute atomic E-state index is 6.05. The highest BCUT2D eigenvalue weighted by atomic mass is 16.5. The number of aromatic amines is 1. The zero-order valence-electron chi connectivity index (χ0n) is 12.5. The van der Waals surface area contributed by atoms with Gasteiger partial charge >= 0.3 is 0 Å². The van der Waals surface area contributed by atoms with Gasteiger partial charge in [-0.3, -0.25) is 0 Å². The fourth-order valence-electron chi connectivity index (χ4n) is 2.83. The number of benzene rings is 1. The third-order valence-electron chi connectivity index (χ3n) is 4.09. The van der Waals surface area contributed by atoms with Crippen LogP contribution in [-0.4, -0.2) is 34.1 Å². The Labute approximate surface area is 129 Å². The van der Waals surface area contributed by atoms with E-state index >= 15 is 0 Å². The molecule has 0 unspecified atom stereocenters. The molecule has 5 heteroatoms. The zero-order chi connectivity index (χ0) is 14.9. The molecule has 1 fully saturated rings. The molecule has 1 N–H and O–H groups in total. The van der Waals surface area contributed by atoms with Crippen molar-refractivity contribution in [3.63, 3.8) is 0 Å². The third-order valence-corrected chi connectivity index (χ3v) is 4.09. The lowest BCUT2D eigenvalue weighted by molar-refractivity contribution is 0.167. The van der Waals surface area contributed by atoms with Gasteiger partial charge in [0.2, 0.25) is 0 Å². The first kappa shape index (κ1) is 13.1. The highest BCUT2D eigenvalue weighted by molar-refractivity contribution is 5.87. The Kier molecular flexibility index (Phi) is 3.18. The number of hydrogen-bond acceptors (Lipinski definition) is 4. The normalized spacial score (nSPS) is 15.0. The minimum absolute atomic E-state index is 0.219. The first-order valence-corrected chi connectivity index (χ1v) is 7.62. The minimum atomic E-state index is 0.219. The van der Waals surface area contributed by atoms with Gasteiger partial charge < -0.3 is 14.6 Å². The first-order chi connectivity index (χ1) is 10.8. The number of rotatable bonds is 4. The highest BCUT2D eigenvalue weighted by Crippen LogP contribution is 2.28. The predicted molar refractivity (Wildman–Crippen MR) is 86.3 cm³/mol. The molecule has 0 bridgehead atoms. The van der Waals surface area contributed by atoms with Crippen LogP contribution in [0.4, 0.5) is 5.82 Å². The van der Waals surface area contributed by atoms with Gasteiger partial charge in [0.25, 0.3) is 0 Å². The zero-order valence-corrected chi connectivity index (χ0v) is 12.5. The van der Waals surface area contributed by atoms with Crippen LogP contribution in [0.2, 0.25) is 0 Å². The molecule has 2 aromatic heterocycles. The summed E-state index contributed by atoms with van der Waals surface area (Å²) in [4.78, 5) is 14.0. The summed E-state index contributed by atoms with van der Waals surface area (Å²) in [5, 5.41) is 1.06. The van der Waals surface area contributed by atoms with Gasteiger partial charge in [0, 0.05) is 6.20 Å². The Hall–Kier alpha value is -2.56. The van der Waals surface area contributed by atoms with Crippen LogP contribution in [0, 0.1) is 0 Å². The van der Waals surface area contributed by atoms with Gasteiger partial charge in [-0.05, 0) is 30.2 Å². The Bertz CT molecular complexity index is 792. The van der Waals surface area contributed by atoms with Crippen LogP contribution in [0.3, 0.4) is 0 Å². The Morgan fingerprint density at radius 3 is 3.05 bits per heavy atom. The molecule has 0 amide bonds. The van der Waals surface area contributed by atoms with E-state index in [0.29, 0.717) is 0 Å². The molecule has 22 heavy (non-hydrogen) atoms. The maximum Gasteiger partial charge on any atom is 0.142 e. The first-order valence-electron chi connectivity index (χ1n) is 7.62. The van der Waals surface area contributed by atoms with Crippen LogP contribution < -0.4 is 9.64 Å². The number of ether oxygens (including phenoxy) is 1. The van der Waals surface area contributed by atoms with Crippen molar-refractivity contribution >= 4 is 16.9 Å². The highest BCUT2D eigenvalue weighted by Gasteiger charge is 2.30. The summed E-state index contributed by atoms with van der Waals surface area (Å²) in [6.45, 7) is 3.86. The molecule has 0 atom stereocenters. The summed E-state index contributed by atoms with van der Waals surface area (Å²) in [5.74, 6) is 1.94. The van der Waals surface area contributed by atoms with Gasteiger partial charge in [-0.2, -0.15) is 0 Å². The molecule has 1 aliphatic rings. The maximum atomic E-state index is 6.05. The summed E-state index contributed by atoms with van der Waals surface area (Å²) in [5.41, 5.74) is 2.18. The minimum Gasteiger partial charge on any atom is -0.487 e. The number of anilines is 1. The number of aryl methyl sites for hydroxylation is 1. The van der Waals surface area contributed by atoms with Crippen LogP contribution in [0.15, 0.2) is 42.9 Å². The molecule has 1 aliphatic heterocycles. The van der Waals surface area contributed by atoms with Crippen LogP contribution in [0.25, 0.3) is 11.0 Å². The summed E-state index contributed by atoms with van der Waals surface area (Å²) in [6, 6.07) is 10.3. The standard InChI is InChI=1S/C17H18N4O/c1-2-12-4-3-5-13(8-12)22-14-9-21(10-14)17-15-6-7-18-16(15)19-11-20-17/h3-8,11,14H,2,9-10H2,1H3,(H,18,19,20). The van der Waals surface area contributed by atoms with Crippen LogP contribution >= 0.6 is 0 Å². The fraction of sp³-hybridized carbons (Fsp3) is 0.294. The van der Waals surface area contributed by atoms with E-state index in [1.165, 1.54) is 5.56 Å². The lowest BCUT2D eigenvalue weighted by Gasteiger charge is -2.40. The van der Waals surface area contributed by atoms with Gasteiger partial charge in [0.15, 0.2) is 0 Å². The molecule has 0 spiro atoms. The summed E-state index contributed by atoms with van der Waals surface area (Å²) in [6.07, 6.45) is 4.75. The van der Waals surface area contributed by atoms with E-state index in [2.05, 4.69) is 45.0 Å². The van der Waals surface area contributed by atoms with Crippen molar-refractivity contribution in [2.75, 3.05) is 18.0 Å². The van der Waals surface area contributed by atoms with Crippen molar-refractivity contribution in [1.29, 1.82) is 0 Å². The van der Waals surface area contributed by atoms with Gasteiger partial charge in [-0.15, -0.1) is 0 Å². The lowest BCUT2D eigenvalue weighted by Crippen LogP contribution is -2.54. The van der Waals surface area contributed by atoms with Gasteiger partial charge in [-0.25, -0.2) is 9.97 Å². The van der Waals surface area contributed by atoms with E-state index in [1.807, 2.05) is 18.3 Å². The smallest absolute Gasteiger partial charge is 0.142 e. The molecule has 0 radical (unpaired) electrons. The number of nitrogens with zero attached hydrogens (tertiary/aromatic N) is 3. The number of aromatic nitrogens is 3. The molecular weight excluding hydrogens is 276 g/mol. The fourth-order valence-corrected chi connectivity index (χ4v) is 2.83. The van der Waals surface area contributed by atoms with Crippen LogP contribution in [0.1, 0.15) is 12.5 Å². The lowest BCUT2D eigenvalue weighted by atomic mass is 10.1. The Morgan fingerprint density at radius 2 is 2.18 bits per heavy atom. The topological polar surface area (TPSA) is 54.0 Å². The molecule has 0 aliphatic carbocycles. The van der Waals surface area contributed by atoms with Crippen molar-refractivity contribution in [1.82, 2.24) is 15.0 Å². The molecule has 1 aromatic carbocycles. The third kappa shape index (κ3) is 2.28. The number of hydrogen-bond donors (Lipinski definition) is 1. The molecule has 112 valence electrons. The molecule has 3 aromatic rings. The van der Waals surface area contributed by atoms with Gasteiger partial charge in [0.1, 0.15) is 29.6 Å². The molecule has 5 nitrogen and oxygen atoms in total. The quantitative estimate of drug-likeness (QED) is 0.804. The summed E-state index contributed by atoms with van der Waals surface area (Å²) >= 11 is 0. The van der Waals surface area contributed by atoms with E-state index in [1.54, 1.807) is 6.33 Å². The number of H-pyrrole nitrogens is 1. The van der Waals surface area contributed by atoms with Crippen molar-refractivity contribution in [2.24, 2.45) is 0 Å². The second-order valence-corrected chi connectivity index (χ2v) is 5.58. The van der Waals surface area contributed by atoms with Crippen molar-refractivity contribution in [3.8, 4) is 5.75 Å². The molecule has 0 saturated carbocycles. The van der Waals surface area contributed by atoms with Crippen molar-refractivity contribution in [2.45, 2.75) is 19.4 Å². The van der Waals surface area contributed by atoms with Gasteiger partial charge in [0.05, 0.1) is 18.5 Å². The average molecular weight is 294 g/mol. The van der Waals surface area contributed by atoms with Crippen molar-refractivity contribution in [3.05, 3.63) is 48.4 Å². The Morgan fingerprint density at radius 1 is 1.27 bits per heavy atom. The summed E-state index contributed by atoms with van der Waals surface area (Å²) in [7, 11) is 0. The molecule has 3 heterocycles. The van der Waals surface area contributed by atoms with E-state index in [0.717, 1.165) is 42.1 Å². The predicted octanol–water partition coefficient (Wildman–Crippen LogP) is 2.79. The SMILES string of the molecule is CCc1cccc(OC2CN(c3ncnc4[nH]ccc34)C2)c1. The van der Waals surface area contributed by atoms with E-state index < -0.39 is 0 Å². The van der Waals surface area contributed by atoms with Crippen molar-refractivity contribution < 1.29 is 4.74 Å². The second-order valence-electron chi connectivity index (χ2n) is 5.58. The van der Waals surface area contributed by atoms with Gasteiger partial charge in [-0.1, -0.05) is 19.1 Å². The number of fused-ring (bicyclic) bond motifs is 1. The van der Waals surface area contributed by atoms with E-state index in [4.69, 9.17) is 4.74 Å². The summed E-state index contributed by atoms with van der Waals surface area (Å²) < 4.78 is 6.05. The molecule has 4 rings (SSSR count). The van der Waals surface area contributed by atoms with E-state index in [9.17, 15) is 0 Å².